The molecule has 7 heteroatoms. The molecule has 28 heavy (non-hydrogen) atoms. The summed E-state index contributed by atoms with van der Waals surface area (Å²) in [6.45, 7) is 0.866. The number of ether oxygens (including phenoxy) is 1. The molecule has 0 unspecified atom stereocenters. The van der Waals surface area contributed by atoms with Gasteiger partial charge in [0.1, 0.15) is 12.4 Å². The lowest BCUT2D eigenvalue weighted by atomic mass is 10.3. The van der Waals surface area contributed by atoms with E-state index in [0.717, 1.165) is 5.75 Å². The van der Waals surface area contributed by atoms with Crippen molar-refractivity contribution >= 4 is 34.0 Å². The molecule has 0 aliphatic heterocycles. The molecule has 0 fully saturated rings. The van der Waals surface area contributed by atoms with E-state index in [0.29, 0.717) is 28.7 Å². The van der Waals surface area contributed by atoms with Crippen molar-refractivity contribution < 1.29 is 14.3 Å². The predicted molar refractivity (Wildman–Crippen MR) is 112 cm³/mol. The molecule has 3 aromatic rings. The Morgan fingerprint density at radius 3 is 2.32 bits per heavy atom. The summed E-state index contributed by atoms with van der Waals surface area (Å²) < 4.78 is 5.62. The largest absolute Gasteiger partial charge is 0.492 e. The van der Waals surface area contributed by atoms with Crippen molar-refractivity contribution in [3.63, 3.8) is 0 Å². The Morgan fingerprint density at radius 1 is 0.929 bits per heavy atom. The number of urea groups is 1. The lowest BCUT2D eigenvalue weighted by Crippen LogP contribution is -2.30. The highest BCUT2D eigenvalue weighted by Gasteiger charge is 2.15. The molecule has 0 atom stereocenters. The summed E-state index contributed by atoms with van der Waals surface area (Å²) in [5.41, 5.74) is 0.700. The third-order valence-corrected chi connectivity index (χ3v) is 4.86. The quantitative estimate of drug-likeness (QED) is 0.617. The lowest BCUT2D eigenvalue weighted by molar-refractivity contribution is 0.0778. The molecule has 0 spiro atoms. The molecule has 2 N–H and O–H groups in total. The number of amides is 3. The number of para-hydroxylation sites is 2. The van der Waals surface area contributed by atoms with Crippen LogP contribution < -0.4 is 15.4 Å². The van der Waals surface area contributed by atoms with Gasteiger partial charge in [-0.15, -0.1) is 11.3 Å². The van der Waals surface area contributed by atoms with Gasteiger partial charge in [0, 0.05) is 12.7 Å². The average molecular weight is 395 g/mol. The van der Waals surface area contributed by atoms with Crippen LogP contribution in [0, 0.1) is 0 Å². The van der Waals surface area contributed by atoms with Crippen LogP contribution in [0.1, 0.15) is 9.67 Å². The second-order valence-electron chi connectivity index (χ2n) is 6.00. The zero-order valence-corrected chi connectivity index (χ0v) is 16.2. The van der Waals surface area contributed by atoms with Crippen molar-refractivity contribution in [1.82, 2.24) is 4.90 Å². The van der Waals surface area contributed by atoms with Gasteiger partial charge in [0.2, 0.25) is 0 Å². The van der Waals surface area contributed by atoms with Crippen LogP contribution >= 0.6 is 11.3 Å². The molecule has 144 valence electrons. The number of nitrogens with zero attached hydrogens (tertiary/aromatic N) is 1. The molecule has 0 radical (unpaired) electrons. The monoisotopic (exact) mass is 395 g/mol. The first-order valence-electron chi connectivity index (χ1n) is 8.78. The van der Waals surface area contributed by atoms with E-state index in [1.165, 1.54) is 11.3 Å². The zero-order chi connectivity index (χ0) is 19.8. The second kappa shape index (κ2) is 9.57. The van der Waals surface area contributed by atoms with Gasteiger partial charge in [0.15, 0.2) is 0 Å². The van der Waals surface area contributed by atoms with Gasteiger partial charge in [-0.05, 0) is 36.4 Å². The Kier molecular flexibility index (Phi) is 6.64. The predicted octanol–water partition coefficient (Wildman–Crippen LogP) is 4.54. The Labute approximate surface area is 167 Å². The van der Waals surface area contributed by atoms with Crippen LogP contribution in [-0.2, 0) is 0 Å². The Balaban J connectivity index is 1.48. The van der Waals surface area contributed by atoms with Crippen molar-refractivity contribution in [2.24, 2.45) is 0 Å². The standard InChI is InChI=1S/C21H21N3O3S/c1-24(14-15-27-17-10-6-3-7-11-17)20(25)18-12-13-19(28-18)23-21(26)22-16-8-4-2-5-9-16/h2-13H,14-15H2,1H3,(H2,22,23,26). The number of thiophene rings is 1. The molecule has 1 aromatic heterocycles. The molecular weight excluding hydrogens is 374 g/mol. The van der Waals surface area contributed by atoms with Crippen LogP contribution in [0.25, 0.3) is 0 Å². The fourth-order valence-electron chi connectivity index (χ4n) is 2.42. The van der Waals surface area contributed by atoms with Gasteiger partial charge in [-0.25, -0.2) is 4.79 Å². The van der Waals surface area contributed by atoms with Crippen LogP contribution in [-0.4, -0.2) is 37.0 Å². The number of likely N-dealkylation sites (N-methyl/N-ethyl adjacent to an activating group) is 1. The van der Waals surface area contributed by atoms with Crippen molar-refractivity contribution in [1.29, 1.82) is 0 Å². The first-order chi connectivity index (χ1) is 13.6. The summed E-state index contributed by atoms with van der Waals surface area (Å²) in [5, 5.41) is 6.08. The summed E-state index contributed by atoms with van der Waals surface area (Å²) in [5.74, 6) is 0.661. The maximum atomic E-state index is 12.5. The van der Waals surface area contributed by atoms with Gasteiger partial charge in [0.05, 0.1) is 16.4 Å². The highest BCUT2D eigenvalue weighted by molar-refractivity contribution is 7.18. The van der Waals surface area contributed by atoms with Crippen molar-refractivity contribution in [2.75, 3.05) is 30.8 Å². The fourth-order valence-corrected chi connectivity index (χ4v) is 3.32. The van der Waals surface area contributed by atoms with E-state index >= 15 is 0 Å². The van der Waals surface area contributed by atoms with Gasteiger partial charge in [-0.1, -0.05) is 36.4 Å². The van der Waals surface area contributed by atoms with Crippen molar-refractivity contribution in [3.05, 3.63) is 77.7 Å². The lowest BCUT2D eigenvalue weighted by Gasteiger charge is -2.16. The zero-order valence-electron chi connectivity index (χ0n) is 15.4. The summed E-state index contributed by atoms with van der Waals surface area (Å²) in [4.78, 5) is 26.7. The third kappa shape index (κ3) is 5.59. The molecule has 0 saturated heterocycles. The number of benzene rings is 2. The number of carbonyl (C=O) groups excluding carboxylic acids is 2. The molecule has 0 aliphatic carbocycles. The minimum Gasteiger partial charge on any atom is -0.492 e. The molecule has 1 heterocycles. The summed E-state index contributed by atoms with van der Waals surface area (Å²) >= 11 is 1.23. The molecule has 0 bridgehead atoms. The minimum atomic E-state index is -0.350. The second-order valence-corrected chi connectivity index (χ2v) is 7.08. The molecule has 3 amide bonds. The topological polar surface area (TPSA) is 70.7 Å². The van der Waals surface area contributed by atoms with Crippen molar-refractivity contribution in [2.45, 2.75) is 0 Å². The van der Waals surface area contributed by atoms with Gasteiger partial charge in [-0.3, -0.25) is 10.1 Å². The average Bonchev–Trinajstić information content (AvgIpc) is 3.17. The summed E-state index contributed by atoms with van der Waals surface area (Å²) in [7, 11) is 1.73. The van der Waals surface area contributed by atoms with Gasteiger partial charge < -0.3 is 15.0 Å². The van der Waals surface area contributed by atoms with Gasteiger partial charge >= 0.3 is 6.03 Å². The number of hydrogen-bond acceptors (Lipinski definition) is 4. The Morgan fingerprint density at radius 2 is 1.61 bits per heavy atom. The molecule has 3 rings (SSSR count). The molecule has 2 aromatic carbocycles. The van der Waals surface area contributed by atoms with E-state index in [1.807, 2.05) is 48.5 Å². The van der Waals surface area contributed by atoms with Crippen LogP contribution in [0.5, 0.6) is 5.75 Å². The third-order valence-electron chi connectivity index (χ3n) is 3.87. The molecular formula is C21H21N3O3S. The van der Waals surface area contributed by atoms with Crippen molar-refractivity contribution in [3.8, 4) is 5.75 Å². The first-order valence-corrected chi connectivity index (χ1v) is 9.59. The summed E-state index contributed by atoms with van der Waals surface area (Å²) in [6.07, 6.45) is 0. The highest BCUT2D eigenvalue weighted by atomic mass is 32.1. The normalized spacial score (nSPS) is 10.2. The summed E-state index contributed by atoms with van der Waals surface area (Å²) in [6, 6.07) is 21.7. The SMILES string of the molecule is CN(CCOc1ccccc1)C(=O)c1ccc(NC(=O)Nc2ccccc2)s1. The van der Waals surface area contributed by atoms with Crippen LogP contribution in [0.3, 0.4) is 0 Å². The number of carbonyl (C=O) groups is 2. The van der Waals surface area contributed by atoms with Crippen LogP contribution in [0.4, 0.5) is 15.5 Å². The fraction of sp³-hybridized carbons (Fsp3) is 0.143. The number of hydrogen-bond donors (Lipinski definition) is 2. The van der Waals surface area contributed by atoms with E-state index in [-0.39, 0.29) is 11.9 Å². The Bertz CT molecular complexity index is 913. The number of rotatable bonds is 7. The van der Waals surface area contributed by atoms with Crippen LogP contribution in [0.2, 0.25) is 0 Å². The first kappa shape index (κ1) is 19.4. The van der Waals surface area contributed by atoms with E-state index in [4.69, 9.17) is 4.74 Å². The molecule has 0 saturated carbocycles. The number of nitrogens with one attached hydrogen (secondary N) is 2. The van der Waals surface area contributed by atoms with Crippen LogP contribution in [0.15, 0.2) is 72.8 Å². The van der Waals surface area contributed by atoms with E-state index in [2.05, 4.69) is 10.6 Å². The Hall–Kier alpha value is -3.32. The smallest absolute Gasteiger partial charge is 0.324 e. The maximum Gasteiger partial charge on any atom is 0.324 e. The maximum absolute atomic E-state index is 12.5. The highest BCUT2D eigenvalue weighted by Crippen LogP contribution is 2.23. The van der Waals surface area contributed by atoms with E-state index < -0.39 is 0 Å². The number of anilines is 2. The molecule has 0 aliphatic rings. The molecule has 6 nitrogen and oxygen atoms in total. The van der Waals surface area contributed by atoms with Gasteiger partial charge in [-0.2, -0.15) is 0 Å². The minimum absolute atomic E-state index is 0.113. The van der Waals surface area contributed by atoms with E-state index in [1.54, 1.807) is 36.2 Å². The van der Waals surface area contributed by atoms with Gasteiger partial charge in [0.25, 0.3) is 5.91 Å². The van der Waals surface area contributed by atoms with E-state index in [9.17, 15) is 9.59 Å².